The lowest BCUT2D eigenvalue weighted by Crippen LogP contribution is -2.10. The fourth-order valence-electron chi connectivity index (χ4n) is 8.00. The van der Waals surface area contributed by atoms with Gasteiger partial charge in [0.05, 0.1) is 0 Å². The molecule has 0 aliphatic carbocycles. The van der Waals surface area contributed by atoms with Crippen LogP contribution in [-0.2, 0) is 0 Å². The van der Waals surface area contributed by atoms with Crippen LogP contribution in [0.5, 0.6) is 0 Å². The average molecular weight is 674 g/mol. The van der Waals surface area contributed by atoms with E-state index in [1.54, 1.807) is 0 Å². The minimum absolute atomic E-state index is 1.10. The molecule has 1 heteroatoms. The van der Waals surface area contributed by atoms with E-state index in [1.165, 1.54) is 76.5 Å². The predicted molar refractivity (Wildman–Crippen MR) is 227 cm³/mol. The van der Waals surface area contributed by atoms with E-state index >= 15 is 0 Å². The molecule has 0 atom stereocenters. The Morgan fingerprint density at radius 2 is 0.792 bits per heavy atom. The third-order valence-corrected chi connectivity index (χ3v) is 10.6. The molecule has 0 unspecified atom stereocenters. The summed E-state index contributed by atoms with van der Waals surface area (Å²) in [5.74, 6) is 0. The maximum absolute atomic E-state index is 2.38. The van der Waals surface area contributed by atoms with Crippen molar-refractivity contribution in [3.63, 3.8) is 0 Å². The third kappa shape index (κ3) is 5.60. The zero-order valence-electron chi connectivity index (χ0n) is 29.2. The van der Waals surface area contributed by atoms with Gasteiger partial charge in [-0.25, -0.2) is 0 Å². The third-order valence-electron chi connectivity index (χ3n) is 10.6. The Kier molecular flexibility index (Phi) is 7.55. The number of fused-ring (bicyclic) bond motifs is 6. The fourth-order valence-corrected chi connectivity index (χ4v) is 8.00. The molecule has 0 aliphatic heterocycles. The summed E-state index contributed by atoms with van der Waals surface area (Å²) >= 11 is 0. The molecular formula is C52H35N. The van der Waals surface area contributed by atoms with Crippen molar-refractivity contribution >= 4 is 60.2 Å². The number of hydrogen-bond acceptors (Lipinski definition) is 1. The van der Waals surface area contributed by atoms with Crippen LogP contribution < -0.4 is 4.90 Å². The molecule has 10 aromatic rings. The Balaban J connectivity index is 1.11. The summed E-state index contributed by atoms with van der Waals surface area (Å²) in [6, 6.07) is 77.3. The quantitative estimate of drug-likeness (QED) is 0.159. The van der Waals surface area contributed by atoms with Crippen LogP contribution in [0, 0.1) is 0 Å². The number of anilines is 3. The molecule has 0 saturated carbocycles. The topological polar surface area (TPSA) is 3.24 Å². The monoisotopic (exact) mass is 673 g/mol. The van der Waals surface area contributed by atoms with Crippen LogP contribution in [0.1, 0.15) is 0 Å². The van der Waals surface area contributed by atoms with Crippen LogP contribution in [0.15, 0.2) is 212 Å². The minimum Gasteiger partial charge on any atom is -0.310 e. The molecular weight excluding hydrogens is 639 g/mol. The van der Waals surface area contributed by atoms with Crippen molar-refractivity contribution in [3.05, 3.63) is 212 Å². The molecule has 0 amide bonds. The molecule has 0 fully saturated rings. The summed E-state index contributed by atoms with van der Waals surface area (Å²) in [5, 5.41) is 10.2. The zero-order valence-corrected chi connectivity index (χ0v) is 29.2. The summed E-state index contributed by atoms with van der Waals surface area (Å²) in [7, 11) is 0. The number of nitrogens with zero attached hydrogens (tertiary/aromatic N) is 1. The molecule has 0 heterocycles. The Morgan fingerprint density at radius 1 is 0.245 bits per heavy atom. The largest absolute Gasteiger partial charge is 0.310 e. The zero-order chi connectivity index (χ0) is 35.1. The van der Waals surface area contributed by atoms with E-state index < -0.39 is 0 Å². The Morgan fingerprint density at radius 3 is 1.62 bits per heavy atom. The van der Waals surface area contributed by atoms with Crippen molar-refractivity contribution in [2.24, 2.45) is 0 Å². The van der Waals surface area contributed by atoms with E-state index in [0.717, 1.165) is 17.1 Å². The van der Waals surface area contributed by atoms with Crippen LogP contribution in [0.25, 0.3) is 76.5 Å². The molecule has 0 N–H and O–H groups in total. The molecule has 53 heavy (non-hydrogen) atoms. The van der Waals surface area contributed by atoms with Crippen molar-refractivity contribution in [1.82, 2.24) is 0 Å². The van der Waals surface area contributed by atoms with Crippen LogP contribution in [0.4, 0.5) is 17.1 Å². The maximum atomic E-state index is 2.38. The summed E-state index contributed by atoms with van der Waals surface area (Å²) in [6.07, 6.45) is 0. The van der Waals surface area contributed by atoms with Crippen molar-refractivity contribution in [1.29, 1.82) is 0 Å². The highest BCUT2D eigenvalue weighted by molar-refractivity contribution is 6.22. The lowest BCUT2D eigenvalue weighted by molar-refractivity contribution is 1.28. The molecule has 10 rings (SSSR count). The number of rotatable bonds is 6. The van der Waals surface area contributed by atoms with E-state index in [0.29, 0.717) is 0 Å². The van der Waals surface area contributed by atoms with Gasteiger partial charge in [-0.1, -0.05) is 170 Å². The highest BCUT2D eigenvalue weighted by Gasteiger charge is 2.16. The van der Waals surface area contributed by atoms with Gasteiger partial charge in [-0.05, 0) is 119 Å². The minimum atomic E-state index is 1.10. The fraction of sp³-hybridized carbons (Fsp3) is 0. The van der Waals surface area contributed by atoms with Gasteiger partial charge in [-0.3, -0.25) is 0 Å². The normalized spacial score (nSPS) is 11.4. The van der Waals surface area contributed by atoms with Gasteiger partial charge in [0.25, 0.3) is 0 Å². The van der Waals surface area contributed by atoms with Gasteiger partial charge in [-0.2, -0.15) is 0 Å². The van der Waals surface area contributed by atoms with Crippen LogP contribution in [0.3, 0.4) is 0 Å². The number of benzene rings is 10. The van der Waals surface area contributed by atoms with Gasteiger partial charge >= 0.3 is 0 Å². The van der Waals surface area contributed by atoms with E-state index in [1.807, 2.05) is 0 Å². The van der Waals surface area contributed by atoms with Crippen molar-refractivity contribution < 1.29 is 0 Å². The average Bonchev–Trinajstić information content (AvgIpc) is 3.24. The molecule has 0 spiro atoms. The summed E-state index contributed by atoms with van der Waals surface area (Å²) < 4.78 is 0. The first-order chi connectivity index (χ1) is 26.3. The van der Waals surface area contributed by atoms with E-state index in [4.69, 9.17) is 0 Å². The number of hydrogen-bond donors (Lipinski definition) is 0. The van der Waals surface area contributed by atoms with Gasteiger partial charge in [-0.15, -0.1) is 0 Å². The molecule has 1 nitrogen and oxygen atoms in total. The lowest BCUT2D eigenvalue weighted by Gasteiger charge is -2.27. The molecule has 0 aliphatic rings. The molecule has 0 radical (unpaired) electrons. The first-order valence-electron chi connectivity index (χ1n) is 18.3. The second-order valence-corrected chi connectivity index (χ2v) is 13.8. The predicted octanol–water partition coefficient (Wildman–Crippen LogP) is 14.8. The summed E-state index contributed by atoms with van der Waals surface area (Å²) in [4.78, 5) is 2.38. The van der Waals surface area contributed by atoms with Gasteiger partial charge in [0, 0.05) is 17.1 Å². The van der Waals surface area contributed by atoms with Gasteiger partial charge < -0.3 is 4.90 Å². The van der Waals surface area contributed by atoms with Crippen molar-refractivity contribution in [2.45, 2.75) is 0 Å². The molecule has 0 bridgehead atoms. The first-order valence-corrected chi connectivity index (χ1v) is 18.3. The molecule has 10 aromatic carbocycles. The van der Waals surface area contributed by atoms with E-state index in [9.17, 15) is 0 Å². The Hall–Kier alpha value is -6.96. The smallest absolute Gasteiger partial charge is 0.0467 e. The highest BCUT2D eigenvalue weighted by atomic mass is 15.1. The van der Waals surface area contributed by atoms with Crippen molar-refractivity contribution in [3.8, 4) is 33.4 Å². The highest BCUT2D eigenvalue weighted by Crippen LogP contribution is 2.41. The van der Waals surface area contributed by atoms with Gasteiger partial charge in [0.1, 0.15) is 0 Å². The van der Waals surface area contributed by atoms with Gasteiger partial charge in [0.15, 0.2) is 0 Å². The SMILES string of the molecule is c1ccc(-c2cccc(N(c3ccc(-c4ccc5ccccc5c4)cc3)c3cccc(-c4cccc5c4ccc4ccc6ccccc6c45)c3)c2)cc1. The van der Waals surface area contributed by atoms with Crippen LogP contribution >= 0.6 is 0 Å². The van der Waals surface area contributed by atoms with Crippen LogP contribution in [0.2, 0.25) is 0 Å². The second kappa shape index (κ2) is 13.0. The molecule has 248 valence electrons. The lowest BCUT2D eigenvalue weighted by atomic mass is 9.92. The van der Waals surface area contributed by atoms with E-state index in [-0.39, 0.29) is 0 Å². The second-order valence-electron chi connectivity index (χ2n) is 13.8. The maximum Gasteiger partial charge on any atom is 0.0467 e. The first kappa shape index (κ1) is 30.8. The summed E-state index contributed by atoms with van der Waals surface area (Å²) in [5.41, 5.74) is 10.5. The van der Waals surface area contributed by atoms with E-state index in [2.05, 4.69) is 217 Å². The standard InChI is InChI=1S/C52H35N/c1-2-11-36(12-3-1)42-16-8-18-46(34-42)53(45-30-27-38(28-31-45)43-26-23-37-13-4-5-15-41(37)33-43)47-19-9-17-44(35-47)48-21-10-22-51-50(48)32-29-40-25-24-39-14-6-7-20-49(39)52(40)51/h1-35H. The van der Waals surface area contributed by atoms with Crippen molar-refractivity contribution in [2.75, 3.05) is 4.90 Å². The van der Waals surface area contributed by atoms with Crippen LogP contribution in [-0.4, -0.2) is 0 Å². The summed E-state index contributed by atoms with van der Waals surface area (Å²) in [6.45, 7) is 0. The Bertz CT molecular complexity index is 2940. The van der Waals surface area contributed by atoms with Gasteiger partial charge in [0.2, 0.25) is 0 Å². The Labute approximate surface area is 309 Å². The molecule has 0 saturated heterocycles. The molecule has 0 aromatic heterocycles.